The van der Waals surface area contributed by atoms with E-state index < -0.39 is 17.6 Å². The largest absolute Gasteiger partial charge is 0.486 e. The molecule has 0 amide bonds. The molecule has 0 aliphatic rings. The van der Waals surface area contributed by atoms with E-state index in [0.29, 0.717) is 10.0 Å². The zero-order valence-electron chi connectivity index (χ0n) is 10.4. The molecule has 3 nitrogen and oxygen atoms in total. The van der Waals surface area contributed by atoms with Crippen LogP contribution in [0, 0.1) is 11.6 Å². The summed E-state index contributed by atoms with van der Waals surface area (Å²) in [6.07, 6.45) is 0. The third-order valence-corrected chi connectivity index (χ3v) is 3.45. The molecule has 1 N–H and O–H groups in total. The number of hydrogen-bond acceptors (Lipinski definition) is 2. The van der Waals surface area contributed by atoms with Crippen molar-refractivity contribution in [2.45, 2.75) is 6.61 Å². The minimum Gasteiger partial charge on any atom is -0.486 e. The Hall–Kier alpha value is -1.66. The summed E-state index contributed by atoms with van der Waals surface area (Å²) in [6, 6.07) is 6.35. The van der Waals surface area contributed by atoms with Crippen molar-refractivity contribution in [3.63, 3.8) is 0 Å². The van der Waals surface area contributed by atoms with Crippen molar-refractivity contribution in [3.05, 3.63) is 62.6 Å². The lowest BCUT2D eigenvalue weighted by Gasteiger charge is -2.10. The van der Waals surface area contributed by atoms with Crippen LogP contribution in [0.1, 0.15) is 15.9 Å². The Morgan fingerprint density at radius 2 is 2.00 bits per heavy atom. The van der Waals surface area contributed by atoms with Crippen LogP contribution in [0.25, 0.3) is 0 Å². The van der Waals surface area contributed by atoms with Gasteiger partial charge in [0.2, 0.25) is 5.82 Å². The predicted molar refractivity (Wildman–Crippen MR) is 76.8 cm³/mol. The number of aromatic carboxylic acids is 1. The summed E-state index contributed by atoms with van der Waals surface area (Å²) in [6.45, 7) is -0.119. The number of halogens is 4. The second-order valence-corrected chi connectivity index (χ2v) is 5.42. The maximum atomic E-state index is 13.5. The average Bonchev–Trinajstić information content (AvgIpc) is 2.42. The monoisotopic (exact) mass is 376 g/mol. The van der Waals surface area contributed by atoms with Crippen molar-refractivity contribution >= 4 is 33.5 Å². The Morgan fingerprint density at radius 1 is 1.29 bits per heavy atom. The van der Waals surface area contributed by atoms with Gasteiger partial charge in [-0.2, -0.15) is 4.39 Å². The minimum atomic E-state index is -1.11. The second-order valence-electron chi connectivity index (χ2n) is 4.10. The van der Waals surface area contributed by atoms with Gasteiger partial charge >= 0.3 is 5.97 Å². The molecular weight excluding hydrogens is 370 g/mol. The molecule has 0 atom stereocenters. The maximum Gasteiger partial charge on any atom is 0.335 e. The number of ether oxygens (including phenoxy) is 1. The van der Waals surface area contributed by atoms with E-state index in [-0.39, 0.29) is 22.9 Å². The van der Waals surface area contributed by atoms with Crippen LogP contribution < -0.4 is 4.74 Å². The Bertz CT molecular complexity index is 707. The van der Waals surface area contributed by atoms with E-state index in [9.17, 15) is 13.6 Å². The third-order valence-electron chi connectivity index (χ3n) is 2.64. The number of rotatable bonds is 4. The first kappa shape index (κ1) is 15.7. The van der Waals surface area contributed by atoms with Crippen LogP contribution in [0.2, 0.25) is 5.02 Å². The first-order valence-corrected chi connectivity index (χ1v) is 6.84. The third kappa shape index (κ3) is 3.71. The quantitative estimate of drug-likeness (QED) is 0.789. The number of carbonyl (C=O) groups is 1. The molecule has 0 saturated carbocycles. The van der Waals surface area contributed by atoms with Crippen molar-refractivity contribution in [2.75, 3.05) is 0 Å². The first-order valence-electron chi connectivity index (χ1n) is 5.67. The highest BCUT2D eigenvalue weighted by molar-refractivity contribution is 9.10. The van der Waals surface area contributed by atoms with Gasteiger partial charge in [-0.05, 0) is 24.3 Å². The van der Waals surface area contributed by atoms with Gasteiger partial charge in [-0.25, -0.2) is 9.18 Å². The molecule has 2 rings (SSSR count). The van der Waals surface area contributed by atoms with Crippen LogP contribution >= 0.6 is 27.5 Å². The van der Waals surface area contributed by atoms with E-state index in [1.165, 1.54) is 24.3 Å². The van der Waals surface area contributed by atoms with Gasteiger partial charge in [0, 0.05) is 15.1 Å². The summed E-state index contributed by atoms with van der Waals surface area (Å²) in [5.74, 6) is -3.51. The molecule has 0 aliphatic carbocycles. The summed E-state index contributed by atoms with van der Waals surface area (Å²) in [7, 11) is 0. The molecule has 0 bridgehead atoms. The fourth-order valence-corrected chi connectivity index (χ4v) is 2.23. The van der Waals surface area contributed by atoms with Gasteiger partial charge in [-0.3, -0.25) is 0 Å². The number of hydrogen-bond donors (Lipinski definition) is 1. The van der Waals surface area contributed by atoms with E-state index in [1.807, 2.05) is 0 Å². The summed E-state index contributed by atoms with van der Waals surface area (Å²) in [4.78, 5) is 10.8. The van der Waals surface area contributed by atoms with Crippen molar-refractivity contribution in [3.8, 4) is 5.75 Å². The molecule has 0 saturated heterocycles. The van der Waals surface area contributed by atoms with Crippen molar-refractivity contribution in [1.82, 2.24) is 0 Å². The van der Waals surface area contributed by atoms with Crippen LogP contribution in [0.3, 0.4) is 0 Å². The lowest BCUT2D eigenvalue weighted by atomic mass is 10.1. The normalized spacial score (nSPS) is 10.5. The molecule has 0 fully saturated rings. The lowest BCUT2D eigenvalue weighted by molar-refractivity contribution is 0.0697. The summed E-state index contributed by atoms with van der Waals surface area (Å²) < 4.78 is 32.3. The van der Waals surface area contributed by atoms with E-state index in [0.717, 1.165) is 6.07 Å². The highest BCUT2D eigenvalue weighted by Crippen LogP contribution is 2.27. The van der Waals surface area contributed by atoms with E-state index in [2.05, 4.69) is 15.9 Å². The molecular formula is C14H8BrClF2O3. The standard InChI is InChI=1S/C14H8BrClF2O3/c15-9-4-11(17)13(18)12(5-9)21-6-8-2-1-7(14(19)20)3-10(8)16/h1-5H,6H2,(H,19,20). The highest BCUT2D eigenvalue weighted by Gasteiger charge is 2.13. The SMILES string of the molecule is O=C(O)c1ccc(COc2cc(Br)cc(F)c2F)c(Cl)c1. The van der Waals surface area contributed by atoms with Gasteiger partial charge in [0.15, 0.2) is 11.6 Å². The zero-order valence-corrected chi connectivity index (χ0v) is 12.7. The van der Waals surface area contributed by atoms with E-state index in [4.69, 9.17) is 21.4 Å². The molecule has 110 valence electrons. The molecule has 0 aromatic heterocycles. The van der Waals surface area contributed by atoms with Gasteiger partial charge in [0.1, 0.15) is 6.61 Å². The number of carboxylic acid groups (broad SMARTS) is 1. The van der Waals surface area contributed by atoms with Gasteiger partial charge < -0.3 is 9.84 Å². The van der Waals surface area contributed by atoms with Gasteiger partial charge in [0.25, 0.3) is 0 Å². The molecule has 21 heavy (non-hydrogen) atoms. The van der Waals surface area contributed by atoms with Crippen LogP contribution in [-0.2, 0) is 6.61 Å². The fraction of sp³-hybridized carbons (Fsp3) is 0.0714. The predicted octanol–water partition coefficient (Wildman–Crippen LogP) is 4.66. The molecule has 0 unspecified atom stereocenters. The topological polar surface area (TPSA) is 46.5 Å². The summed E-state index contributed by atoms with van der Waals surface area (Å²) in [5, 5.41) is 8.99. The Kier molecular flexibility index (Phi) is 4.80. The molecule has 0 spiro atoms. The van der Waals surface area contributed by atoms with Crippen molar-refractivity contribution in [2.24, 2.45) is 0 Å². The fourth-order valence-electron chi connectivity index (χ4n) is 1.59. The first-order chi connectivity index (χ1) is 9.88. The zero-order chi connectivity index (χ0) is 15.6. The smallest absolute Gasteiger partial charge is 0.335 e. The van der Waals surface area contributed by atoms with Crippen LogP contribution in [-0.4, -0.2) is 11.1 Å². The molecule has 0 heterocycles. The maximum absolute atomic E-state index is 13.5. The Morgan fingerprint density at radius 3 is 2.62 bits per heavy atom. The minimum absolute atomic E-state index is 0.0310. The van der Waals surface area contributed by atoms with Gasteiger partial charge in [0.05, 0.1) is 5.56 Å². The second kappa shape index (κ2) is 6.41. The van der Waals surface area contributed by atoms with Gasteiger partial charge in [-0.15, -0.1) is 0 Å². The molecule has 2 aromatic rings. The molecule has 0 radical (unpaired) electrons. The van der Waals surface area contributed by atoms with E-state index in [1.54, 1.807) is 0 Å². The van der Waals surface area contributed by atoms with Crippen molar-refractivity contribution in [1.29, 1.82) is 0 Å². The van der Waals surface area contributed by atoms with Crippen LogP contribution in [0.15, 0.2) is 34.8 Å². The van der Waals surface area contributed by atoms with E-state index >= 15 is 0 Å². The highest BCUT2D eigenvalue weighted by atomic mass is 79.9. The summed E-state index contributed by atoms with van der Waals surface area (Å²) in [5.41, 5.74) is 0.491. The van der Waals surface area contributed by atoms with Crippen LogP contribution in [0.5, 0.6) is 5.75 Å². The number of benzene rings is 2. The average molecular weight is 378 g/mol. The summed E-state index contributed by atoms with van der Waals surface area (Å²) >= 11 is 8.96. The van der Waals surface area contributed by atoms with Crippen molar-refractivity contribution < 1.29 is 23.4 Å². The Labute approximate surface area is 132 Å². The van der Waals surface area contributed by atoms with Crippen LogP contribution in [0.4, 0.5) is 8.78 Å². The molecule has 7 heteroatoms. The lowest BCUT2D eigenvalue weighted by Crippen LogP contribution is -2.02. The van der Waals surface area contributed by atoms with Gasteiger partial charge in [-0.1, -0.05) is 33.6 Å². The Balaban J connectivity index is 2.19. The number of carboxylic acids is 1. The molecule has 0 aliphatic heterocycles. The molecule has 2 aromatic carbocycles.